The quantitative estimate of drug-likeness (QED) is 0.882. The van der Waals surface area contributed by atoms with Gasteiger partial charge >= 0.3 is 5.97 Å². The Morgan fingerprint density at radius 2 is 2.20 bits per heavy atom. The third-order valence-corrected chi connectivity index (χ3v) is 4.15. The Kier molecular flexibility index (Phi) is 4.57. The van der Waals surface area contributed by atoms with Gasteiger partial charge in [0.25, 0.3) is 5.91 Å². The number of ether oxygens (including phenoxy) is 1. The number of amides is 1. The molecule has 0 aliphatic carbocycles. The number of carbonyl (C=O) groups is 2. The molecule has 0 aliphatic heterocycles. The van der Waals surface area contributed by atoms with E-state index in [1.165, 1.54) is 18.2 Å². The first-order valence-electron chi connectivity index (χ1n) is 5.84. The molecule has 4 nitrogen and oxygen atoms in total. The number of nitrogens with one attached hydrogen (secondary N) is 1. The fourth-order valence-electron chi connectivity index (χ4n) is 1.63. The van der Waals surface area contributed by atoms with E-state index in [2.05, 4.69) is 5.32 Å². The van der Waals surface area contributed by atoms with Crippen molar-refractivity contribution in [3.63, 3.8) is 0 Å². The number of benzene rings is 1. The highest BCUT2D eigenvalue weighted by Gasteiger charge is 2.18. The zero-order valence-electron chi connectivity index (χ0n) is 10.5. The maximum Gasteiger partial charge on any atom is 0.325 e. The molecule has 7 heteroatoms. The van der Waals surface area contributed by atoms with Crippen LogP contribution in [0.25, 0.3) is 10.1 Å². The summed E-state index contributed by atoms with van der Waals surface area (Å²) in [5.41, 5.74) is 0. The Bertz CT molecular complexity index is 671. The Morgan fingerprint density at radius 1 is 1.45 bits per heavy atom. The van der Waals surface area contributed by atoms with Crippen molar-refractivity contribution in [2.45, 2.75) is 6.92 Å². The van der Waals surface area contributed by atoms with Crippen LogP contribution in [0.5, 0.6) is 0 Å². The van der Waals surface area contributed by atoms with E-state index >= 15 is 0 Å². The molecule has 0 atom stereocenters. The molecule has 0 bridgehead atoms. The lowest BCUT2D eigenvalue weighted by atomic mass is 10.2. The Labute approximate surface area is 123 Å². The van der Waals surface area contributed by atoms with E-state index in [1.807, 2.05) is 0 Å². The average Bonchev–Trinajstić information content (AvgIpc) is 2.73. The van der Waals surface area contributed by atoms with Gasteiger partial charge in [0.1, 0.15) is 17.2 Å². The van der Waals surface area contributed by atoms with E-state index in [0.29, 0.717) is 10.1 Å². The number of hydrogen-bond acceptors (Lipinski definition) is 4. The fourth-order valence-corrected chi connectivity index (χ4v) is 3.09. The maximum atomic E-state index is 13.1. The largest absolute Gasteiger partial charge is 0.465 e. The van der Waals surface area contributed by atoms with Gasteiger partial charge in [0.15, 0.2) is 0 Å². The molecule has 106 valence electrons. The lowest BCUT2D eigenvalue weighted by Gasteiger charge is -2.03. The van der Waals surface area contributed by atoms with Crippen LogP contribution in [-0.4, -0.2) is 25.0 Å². The smallest absolute Gasteiger partial charge is 0.325 e. The summed E-state index contributed by atoms with van der Waals surface area (Å²) >= 11 is 7.17. The van der Waals surface area contributed by atoms with Crippen LogP contribution >= 0.6 is 22.9 Å². The summed E-state index contributed by atoms with van der Waals surface area (Å²) in [6.45, 7) is 1.69. The second-order valence-electron chi connectivity index (χ2n) is 3.87. The van der Waals surface area contributed by atoms with Gasteiger partial charge in [0.05, 0.1) is 11.6 Å². The molecule has 0 fully saturated rings. The van der Waals surface area contributed by atoms with Gasteiger partial charge < -0.3 is 10.1 Å². The molecule has 20 heavy (non-hydrogen) atoms. The van der Waals surface area contributed by atoms with Crippen molar-refractivity contribution in [3.8, 4) is 0 Å². The first kappa shape index (κ1) is 14.7. The number of thiophene rings is 1. The highest BCUT2D eigenvalue weighted by atomic mass is 35.5. The summed E-state index contributed by atoms with van der Waals surface area (Å²) in [5.74, 6) is -1.40. The van der Waals surface area contributed by atoms with Crippen molar-refractivity contribution in [1.82, 2.24) is 5.32 Å². The Morgan fingerprint density at radius 3 is 2.90 bits per heavy atom. The first-order chi connectivity index (χ1) is 9.52. The molecule has 2 aromatic rings. The van der Waals surface area contributed by atoms with Crippen LogP contribution in [0.1, 0.15) is 16.6 Å². The minimum absolute atomic E-state index is 0.231. The highest BCUT2D eigenvalue weighted by molar-refractivity contribution is 7.21. The molecule has 1 heterocycles. The van der Waals surface area contributed by atoms with Gasteiger partial charge in [0, 0.05) is 10.1 Å². The zero-order valence-corrected chi connectivity index (χ0v) is 12.1. The molecular weight excluding hydrogens is 305 g/mol. The van der Waals surface area contributed by atoms with Gasteiger partial charge in [-0.3, -0.25) is 9.59 Å². The molecule has 1 N–H and O–H groups in total. The summed E-state index contributed by atoms with van der Waals surface area (Å²) in [6.07, 6.45) is 0. The van der Waals surface area contributed by atoms with Crippen molar-refractivity contribution in [3.05, 3.63) is 33.9 Å². The van der Waals surface area contributed by atoms with Gasteiger partial charge in [0.2, 0.25) is 0 Å². The molecule has 0 saturated heterocycles. The highest BCUT2D eigenvalue weighted by Crippen LogP contribution is 2.35. The van der Waals surface area contributed by atoms with Crippen molar-refractivity contribution >= 4 is 44.9 Å². The minimum atomic E-state index is -0.524. The molecule has 0 spiro atoms. The predicted octanol–water partition coefficient (Wildman–Crippen LogP) is 2.99. The number of esters is 1. The summed E-state index contributed by atoms with van der Waals surface area (Å²) < 4.78 is 18.4. The van der Waals surface area contributed by atoms with Crippen molar-refractivity contribution in [1.29, 1.82) is 0 Å². The molecular formula is C13H11ClFNO3S. The number of carbonyl (C=O) groups excluding carboxylic acids is 2. The number of halogens is 2. The zero-order chi connectivity index (χ0) is 14.7. The van der Waals surface area contributed by atoms with Crippen molar-refractivity contribution in [2.75, 3.05) is 13.2 Å². The molecule has 0 radical (unpaired) electrons. The monoisotopic (exact) mass is 315 g/mol. The normalized spacial score (nSPS) is 10.6. The predicted molar refractivity (Wildman–Crippen MR) is 75.8 cm³/mol. The number of fused-ring (bicyclic) bond motifs is 1. The van der Waals surface area contributed by atoms with Crippen molar-refractivity contribution < 1.29 is 18.7 Å². The van der Waals surface area contributed by atoms with E-state index in [0.717, 1.165) is 11.3 Å². The Balaban J connectivity index is 2.18. The topological polar surface area (TPSA) is 55.4 Å². The SMILES string of the molecule is CCOC(=O)CNC(=O)c1sc2cc(F)ccc2c1Cl. The van der Waals surface area contributed by atoms with E-state index in [1.54, 1.807) is 6.92 Å². The van der Waals surface area contributed by atoms with Crippen LogP contribution in [0.3, 0.4) is 0 Å². The third-order valence-electron chi connectivity index (χ3n) is 2.50. The Hall–Kier alpha value is -1.66. The number of hydrogen-bond donors (Lipinski definition) is 1. The van der Waals surface area contributed by atoms with Gasteiger partial charge in [-0.05, 0) is 25.1 Å². The van der Waals surface area contributed by atoms with Gasteiger partial charge in [-0.1, -0.05) is 11.6 Å². The van der Waals surface area contributed by atoms with Crippen LogP contribution in [0, 0.1) is 5.82 Å². The molecule has 1 aromatic carbocycles. The molecule has 0 unspecified atom stereocenters. The average molecular weight is 316 g/mol. The lowest BCUT2D eigenvalue weighted by molar-refractivity contribution is -0.141. The lowest BCUT2D eigenvalue weighted by Crippen LogP contribution is -2.30. The molecule has 1 amide bonds. The van der Waals surface area contributed by atoms with E-state index < -0.39 is 17.7 Å². The van der Waals surface area contributed by atoms with Crippen molar-refractivity contribution in [2.24, 2.45) is 0 Å². The van der Waals surface area contributed by atoms with Crippen LogP contribution in [-0.2, 0) is 9.53 Å². The summed E-state index contributed by atoms with van der Waals surface area (Å²) in [7, 11) is 0. The van der Waals surface area contributed by atoms with Crippen LogP contribution in [0.15, 0.2) is 18.2 Å². The maximum absolute atomic E-state index is 13.1. The molecule has 0 saturated carbocycles. The van der Waals surface area contributed by atoms with Crippen LogP contribution in [0.2, 0.25) is 5.02 Å². The first-order valence-corrected chi connectivity index (χ1v) is 7.03. The van der Waals surface area contributed by atoms with E-state index in [9.17, 15) is 14.0 Å². The molecule has 0 aliphatic rings. The fraction of sp³-hybridized carbons (Fsp3) is 0.231. The minimum Gasteiger partial charge on any atom is -0.465 e. The second kappa shape index (κ2) is 6.19. The molecule has 1 aromatic heterocycles. The van der Waals surface area contributed by atoms with E-state index in [4.69, 9.17) is 16.3 Å². The molecule has 2 rings (SSSR count). The summed E-state index contributed by atoms with van der Waals surface area (Å²) in [6, 6.07) is 4.11. The summed E-state index contributed by atoms with van der Waals surface area (Å²) in [4.78, 5) is 23.4. The van der Waals surface area contributed by atoms with E-state index in [-0.39, 0.29) is 23.1 Å². The third kappa shape index (κ3) is 3.08. The van der Waals surface area contributed by atoms with Gasteiger partial charge in [-0.2, -0.15) is 0 Å². The van der Waals surface area contributed by atoms with Gasteiger partial charge in [-0.25, -0.2) is 4.39 Å². The van der Waals surface area contributed by atoms with Crippen LogP contribution < -0.4 is 5.32 Å². The second-order valence-corrected chi connectivity index (χ2v) is 5.30. The number of rotatable bonds is 4. The van der Waals surface area contributed by atoms with Gasteiger partial charge in [-0.15, -0.1) is 11.3 Å². The summed E-state index contributed by atoms with van der Waals surface area (Å²) in [5, 5.41) is 3.29. The standard InChI is InChI=1S/C13H11ClFNO3S/c1-2-19-10(17)6-16-13(18)12-11(14)8-4-3-7(15)5-9(8)20-12/h3-5H,2,6H2,1H3,(H,16,18). The van der Waals surface area contributed by atoms with Crippen LogP contribution in [0.4, 0.5) is 4.39 Å².